The molecule has 0 bridgehead atoms. The number of likely N-dealkylation sites (N-methyl/N-ethyl adjacent to an activating group) is 1. The first-order valence-corrected chi connectivity index (χ1v) is 7.91. The molecule has 0 N–H and O–H groups in total. The average molecular weight is 344 g/mol. The maximum atomic E-state index is 12.2. The number of nitriles is 1. The van der Waals surface area contributed by atoms with Gasteiger partial charge in [-0.3, -0.25) is 4.79 Å². The monoisotopic (exact) mass is 344 g/mol. The number of rotatable bonds is 7. The van der Waals surface area contributed by atoms with Crippen molar-refractivity contribution in [2.75, 3.05) is 26.8 Å². The molecule has 0 saturated heterocycles. The molecule has 0 aliphatic carbocycles. The summed E-state index contributed by atoms with van der Waals surface area (Å²) in [6, 6.07) is 7.24. The first-order chi connectivity index (χ1) is 12.0. The molecule has 1 amide bonds. The lowest BCUT2D eigenvalue weighted by molar-refractivity contribution is -0.133. The molecule has 132 valence electrons. The molecule has 1 heterocycles. The van der Waals surface area contributed by atoms with Crippen LogP contribution in [0.15, 0.2) is 22.6 Å². The number of furan rings is 1. The van der Waals surface area contributed by atoms with Gasteiger partial charge in [0.25, 0.3) is 5.91 Å². The quantitative estimate of drug-likeness (QED) is 0.717. The minimum Gasteiger partial charge on any atom is -0.494 e. The van der Waals surface area contributed by atoms with Crippen molar-refractivity contribution in [3.8, 4) is 11.8 Å². The van der Waals surface area contributed by atoms with Gasteiger partial charge < -0.3 is 18.8 Å². The van der Waals surface area contributed by atoms with Crippen LogP contribution in [0.2, 0.25) is 0 Å². The summed E-state index contributed by atoms with van der Waals surface area (Å²) in [5, 5.41) is 9.28. The lowest BCUT2D eigenvalue weighted by atomic mass is 10.1. The fourth-order valence-electron chi connectivity index (χ4n) is 2.30. The van der Waals surface area contributed by atoms with Crippen molar-refractivity contribution in [2.45, 2.75) is 20.3 Å². The summed E-state index contributed by atoms with van der Waals surface area (Å²) in [7, 11) is 1.55. The number of amides is 1. The highest BCUT2D eigenvalue weighted by Crippen LogP contribution is 2.29. The third-order valence-electron chi connectivity index (χ3n) is 3.72. The smallest absolute Gasteiger partial charge is 0.375 e. The van der Waals surface area contributed by atoms with Gasteiger partial charge in [-0.2, -0.15) is 5.26 Å². The highest BCUT2D eigenvalue weighted by molar-refractivity contribution is 5.97. The van der Waals surface area contributed by atoms with Gasteiger partial charge in [-0.25, -0.2) is 4.79 Å². The number of aryl methyl sites for hydroxylation is 1. The van der Waals surface area contributed by atoms with Gasteiger partial charge in [0.1, 0.15) is 11.3 Å². The molecular weight excluding hydrogens is 324 g/mol. The molecule has 7 nitrogen and oxygen atoms in total. The van der Waals surface area contributed by atoms with Gasteiger partial charge in [0, 0.05) is 24.5 Å². The summed E-state index contributed by atoms with van der Waals surface area (Å²) in [4.78, 5) is 25.4. The van der Waals surface area contributed by atoms with Gasteiger partial charge in [0.05, 0.1) is 19.1 Å². The molecule has 0 aliphatic heterocycles. The standard InChI is InChI=1S/C18H20N2O5/c1-4-23-13-6-7-15-14(10-13)12(2)17(25-15)18(22)24-11-16(21)20(3)9-5-8-19/h6-7,10H,4-5,9,11H2,1-3H3. The van der Waals surface area contributed by atoms with Crippen LogP contribution in [0.25, 0.3) is 11.0 Å². The van der Waals surface area contributed by atoms with E-state index in [2.05, 4.69) is 0 Å². The van der Waals surface area contributed by atoms with Crippen molar-refractivity contribution in [3.05, 3.63) is 29.5 Å². The Labute approximate surface area is 145 Å². The molecule has 0 saturated carbocycles. The predicted octanol–water partition coefficient (Wildman–Crippen LogP) is 2.67. The Morgan fingerprint density at radius 2 is 2.12 bits per heavy atom. The van der Waals surface area contributed by atoms with Gasteiger partial charge >= 0.3 is 5.97 Å². The van der Waals surface area contributed by atoms with E-state index in [4.69, 9.17) is 19.2 Å². The number of ether oxygens (including phenoxy) is 2. The Hall–Kier alpha value is -3.01. The highest BCUT2D eigenvalue weighted by Gasteiger charge is 2.21. The van der Waals surface area contributed by atoms with Crippen LogP contribution in [0.3, 0.4) is 0 Å². The molecular formula is C18H20N2O5. The van der Waals surface area contributed by atoms with Gasteiger partial charge in [-0.1, -0.05) is 0 Å². The molecule has 1 aromatic carbocycles. The van der Waals surface area contributed by atoms with Crippen molar-refractivity contribution < 1.29 is 23.5 Å². The first-order valence-electron chi connectivity index (χ1n) is 7.91. The van der Waals surface area contributed by atoms with E-state index >= 15 is 0 Å². The van der Waals surface area contributed by atoms with Crippen molar-refractivity contribution in [2.24, 2.45) is 0 Å². The molecule has 1 aromatic heterocycles. The topological polar surface area (TPSA) is 92.8 Å². The largest absolute Gasteiger partial charge is 0.494 e. The Morgan fingerprint density at radius 3 is 2.80 bits per heavy atom. The second kappa shape index (κ2) is 8.20. The third kappa shape index (κ3) is 4.29. The van der Waals surface area contributed by atoms with Crippen LogP contribution in [0.1, 0.15) is 29.5 Å². The minimum absolute atomic E-state index is 0.0659. The lowest BCUT2D eigenvalue weighted by Gasteiger charge is -2.14. The third-order valence-corrected chi connectivity index (χ3v) is 3.72. The zero-order chi connectivity index (χ0) is 18.4. The zero-order valence-electron chi connectivity index (χ0n) is 14.5. The second-order valence-corrected chi connectivity index (χ2v) is 5.45. The summed E-state index contributed by atoms with van der Waals surface area (Å²) in [6.07, 6.45) is 0.223. The molecule has 25 heavy (non-hydrogen) atoms. The molecule has 2 rings (SSSR count). The second-order valence-electron chi connectivity index (χ2n) is 5.45. The summed E-state index contributed by atoms with van der Waals surface area (Å²) in [5.41, 5.74) is 1.18. The van der Waals surface area contributed by atoms with Gasteiger partial charge in [-0.15, -0.1) is 0 Å². The van der Waals surface area contributed by atoms with Crippen LogP contribution in [-0.2, 0) is 9.53 Å². The maximum Gasteiger partial charge on any atom is 0.375 e. The molecule has 0 atom stereocenters. The fourth-order valence-corrected chi connectivity index (χ4v) is 2.30. The number of benzene rings is 1. The Bertz CT molecular complexity index is 819. The highest BCUT2D eigenvalue weighted by atomic mass is 16.5. The Morgan fingerprint density at radius 1 is 1.36 bits per heavy atom. The summed E-state index contributed by atoms with van der Waals surface area (Å²) in [5.74, 6) is -0.325. The normalized spacial score (nSPS) is 10.3. The molecule has 0 radical (unpaired) electrons. The fraction of sp³-hybridized carbons (Fsp3) is 0.389. The number of esters is 1. The van der Waals surface area contributed by atoms with Gasteiger partial charge in [-0.05, 0) is 32.0 Å². The van der Waals surface area contributed by atoms with Crippen molar-refractivity contribution >= 4 is 22.8 Å². The van der Waals surface area contributed by atoms with E-state index in [-0.39, 0.29) is 24.6 Å². The molecule has 0 spiro atoms. The van der Waals surface area contributed by atoms with E-state index in [9.17, 15) is 9.59 Å². The van der Waals surface area contributed by atoms with Crippen LogP contribution < -0.4 is 4.74 Å². The molecule has 7 heteroatoms. The van der Waals surface area contributed by atoms with Gasteiger partial charge in [0.15, 0.2) is 6.61 Å². The van der Waals surface area contributed by atoms with E-state index in [0.29, 0.717) is 23.5 Å². The maximum absolute atomic E-state index is 12.2. The van der Waals surface area contributed by atoms with Crippen LogP contribution in [0.4, 0.5) is 0 Å². The SMILES string of the molecule is CCOc1ccc2oc(C(=O)OCC(=O)N(C)CCC#N)c(C)c2c1. The van der Waals surface area contributed by atoms with E-state index in [1.165, 1.54) is 4.90 Å². The van der Waals surface area contributed by atoms with Crippen molar-refractivity contribution in [1.29, 1.82) is 5.26 Å². The van der Waals surface area contributed by atoms with Gasteiger partial charge in [0.2, 0.25) is 5.76 Å². The number of hydrogen-bond acceptors (Lipinski definition) is 6. The Balaban J connectivity index is 2.08. The van der Waals surface area contributed by atoms with Crippen LogP contribution in [-0.4, -0.2) is 43.6 Å². The Kier molecular flexibility index (Phi) is 6.01. The summed E-state index contributed by atoms with van der Waals surface area (Å²) in [6.45, 7) is 4.07. The van der Waals surface area contributed by atoms with E-state index < -0.39 is 12.6 Å². The number of carbonyl (C=O) groups excluding carboxylic acids is 2. The first kappa shape index (κ1) is 18.3. The van der Waals surface area contributed by atoms with Crippen LogP contribution >= 0.6 is 0 Å². The molecule has 0 unspecified atom stereocenters. The van der Waals surface area contributed by atoms with E-state index in [1.807, 2.05) is 13.0 Å². The van der Waals surface area contributed by atoms with Crippen molar-refractivity contribution in [3.63, 3.8) is 0 Å². The molecule has 2 aromatic rings. The number of fused-ring (bicyclic) bond motifs is 1. The summed E-state index contributed by atoms with van der Waals surface area (Å²) < 4.78 is 16.0. The number of hydrogen-bond donors (Lipinski definition) is 0. The molecule has 0 fully saturated rings. The minimum atomic E-state index is -0.700. The zero-order valence-corrected chi connectivity index (χ0v) is 14.5. The molecule has 0 aliphatic rings. The van der Waals surface area contributed by atoms with Crippen LogP contribution in [0, 0.1) is 18.3 Å². The van der Waals surface area contributed by atoms with Crippen molar-refractivity contribution in [1.82, 2.24) is 4.90 Å². The number of carbonyl (C=O) groups is 2. The van der Waals surface area contributed by atoms with Crippen LogP contribution in [0.5, 0.6) is 5.75 Å². The number of nitrogens with zero attached hydrogens (tertiary/aromatic N) is 2. The summed E-state index contributed by atoms with van der Waals surface area (Å²) >= 11 is 0. The average Bonchev–Trinajstić information content (AvgIpc) is 2.94. The lowest BCUT2D eigenvalue weighted by Crippen LogP contribution is -2.31. The van der Waals surface area contributed by atoms with E-state index in [0.717, 1.165) is 5.39 Å². The van der Waals surface area contributed by atoms with E-state index in [1.54, 1.807) is 32.2 Å². The predicted molar refractivity (Wildman–Crippen MR) is 90.3 cm³/mol.